The van der Waals surface area contributed by atoms with Crippen molar-refractivity contribution in [2.75, 3.05) is 0 Å². The molecular weight excluding hydrogens is 384 g/mol. The third-order valence-electron chi connectivity index (χ3n) is 3.36. The average Bonchev–Trinajstić information content (AvgIpc) is 2.53. The molecule has 140 valence electrons. The van der Waals surface area contributed by atoms with Gasteiger partial charge in [0.05, 0.1) is 16.8 Å². The Labute approximate surface area is 150 Å². The second-order valence-electron chi connectivity index (χ2n) is 5.34. The molecular formula is C17H12ClF6NO. The fourth-order valence-electron chi connectivity index (χ4n) is 2.15. The predicted molar refractivity (Wildman–Crippen MR) is 84.9 cm³/mol. The molecule has 0 fully saturated rings. The molecule has 2 aromatic carbocycles. The zero-order valence-electron chi connectivity index (χ0n) is 13.2. The molecule has 0 amide bonds. The van der Waals surface area contributed by atoms with E-state index >= 15 is 0 Å². The smallest absolute Gasteiger partial charge is 0.391 e. The van der Waals surface area contributed by atoms with Gasteiger partial charge in [-0.25, -0.2) is 0 Å². The Hall–Kier alpha value is -2.22. The van der Waals surface area contributed by atoms with Crippen LogP contribution in [0.2, 0.25) is 5.02 Å². The minimum atomic E-state index is -4.61. The Balaban J connectivity index is 2.19. The summed E-state index contributed by atoms with van der Waals surface area (Å²) in [6.45, 7) is 0.955. The SMILES string of the molecule is CC(=NOCc1cccc(C(F)(F)F)c1)c1cc(Cl)ccc1C(F)(F)F. The number of rotatable bonds is 4. The summed E-state index contributed by atoms with van der Waals surface area (Å²) in [7, 11) is 0. The molecule has 0 aliphatic rings. The molecule has 0 saturated heterocycles. The van der Waals surface area contributed by atoms with Crippen LogP contribution in [0, 0.1) is 0 Å². The molecule has 0 aliphatic heterocycles. The third kappa shape index (κ3) is 5.14. The quantitative estimate of drug-likeness (QED) is 0.337. The van der Waals surface area contributed by atoms with Crippen LogP contribution in [0.25, 0.3) is 0 Å². The minimum absolute atomic E-state index is 0.0837. The van der Waals surface area contributed by atoms with Gasteiger partial charge in [0, 0.05) is 10.6 Å². The molecule has 9 heteroatoms. The second-order valence-corrected chi connectivity index (χ2v) is 5.77. The monoisotopic (exact) mass is 395 g/mol. The van der Waals surface area contributed by atoms with Crippen LogP contribution < -0.4 is 0 Å². The highest BCUT2D eigenvalue weighted by Crippen LogP contribution is 2.34. The summed E-state index contributed by atoms with van der Waals surface area (Å²) in [6, 6.07) is 7.40. The van der Waals surface area contributed by atoms with Crippen molar-refractivity contribution in [1.29, 1.82) is 0 Å². The van der Waals surface area contributed by atoms with Crippen LogP contribution in [-0.4, -0.2) is 5.71 Å². The average molecular weight is 396 g/mol. The topological polar surface area (TPSA) is 21.6 Å². The summed E-state index contributed by atoms with van der Waals surface area (Å²) < 4.78 is 77.1. The van der Waals surface area contributed by atoms with Crippen LogP contribution >= 0.6 is 11.6 Å². The van der Waals surface area contributed by atoms with Crippen LogP contribution in [0.3, 0.4) is 0 Å². The highest BCUT2D eigenvalue weighted by atomic mass is 35.5. The van der Waals surface area contributed by atoms with E-state index in [1.165, 1.54) is 19.1 Å². The summed E-state index contributed by atoms with van der Waals surface area (Å²) in [5.74, 6) is 0. The van der Waals surface area contributed by atoms with Gasteiger partial charge in [-0.1, -0.05) is 28.9 Å². The van der Waals surface area contributed by atoms with Gasteiger partial charge >= 0.3 is 12.4 Å². The maximum Gasteiger partial charge on any atom is 0.417 e. The largest absolute Gasteiger partial charge is 0.417 e. The van der Waals surface area contributed by atoms with Gasteiger partial charge in [0.25, 0.3) is 0 Å². The highest BCUT2D eigenvalue weighted by molar-refractivity contribution is 6.31. The van der Waals surface area contributed by atoms with Crippen molar-refractivity contribution >= 4 is 17.3 Å². The van der Waals surface area contributed by atoms with Crippen molar-refractivity contribution < 1.29 is 31.2 Å². The standard InChI is InChI=1S/C17H12ClF6NO/c1-10(14-8-13(18)5-6-15(14)17(22,23)24)25-26-9-11-3-2-4-12(7-11)16(19,20)21/h2-8H,9H2,1H3. The lowest BCUT2D eigenvalue weighted by atomic mass is 10.0. The van der Waals surface area contributed by atoms with E-state index in [4.69, 9.17) is 16.4 Å². The summed E-state index contributed by atoms with van der Waals surface area (Å²) in [4.78, 5) is 4.92. The zero-order valence-corrected chi connectivity index (χ0v) is 14.0. The van der Waals surface area contributed by atoms with Gasteiger partial charge in [0.1, 0.15) is 6.61 Å². The molecule has 0 unspecified atom stereocenters. The van der Waals surface area contributed by atoms with Crippen molar-refractivity contribution in [2.45, 2.75) is 25.9 Å². The van der Waals surface area contributed by atoms with Crippen molar-refractivity contribution in [1.82, 2.24) is 0 Å². The lowest BCUT2D eigenvalue weighted by Gasteiger charge is -2.13. The van der Waals surface area contributed by atoms with Crippen molar-refractivity contribution in [3.63, 3.8) is 0 Å². The van der Waals surface area contributed by atoms with Gasteiger partial charge in [-0.3, -0.25) is 0 Å². The normalized spacial score (nSPS) is 13.0. The van der Waals surface area contributed by atoms with Crippen LogP contribution in [0.15, 0.2) is 47.6 Å². The number of benzene rings is 2. The summed E-state index contributed by atoms with van der Waals surface area (Å²) in [5.41, 5.74) is -1.99. The maximum absolute atomic E-state index is 13.0. The van der Waals surface area contributed by atoms with Crippen molar-refractivity contribution in [3.8, 4) is 0 Å². The molecule has 2 rings (SSSR count). The second kappa shape index (κ2) is 7.57. The van der Waals surface area contributed by atoms with Crippen LogP contribution in [0.1, 0.15) is 29.2 Å². The molecule has 0 radical (unpaired) electrons. The molecule has 0 bridgehead atoms. The Morgan fingerprint density at radius 2 is 1.69 bits per heavy atom. The fraction of sp³-hybridized carbons (Fsp3) is 0.235. The van der Waals surface area contributed by atoms with Crippen LogP contribution in [0.4, 0.5) is 26.3 Å². The molecule has 0 aromatic heterocycles. The molecule has 2 nitrogen and oxygen atoms in total. The lowest BCUT2D eigenvalue weighted by molar-refractivity contribution is -0.138. The van der Waals surface area contributed by atoms with Gasteiger partial charge in [-0.05, 0) is 42.8 Å². The summed E-state index contributed by atoms with van der Waals surface area (Å²) in [5, 5.41) is 3.66. The first-order valence-electron chi connectivity index (χ1n) is 7.18. The molecule has 0 N–H and O–H groups in total. The van der Waals surface area contributed by atoms with E-state index in [2.05, 4.69) is 5.16 Å². The summed E-state index contributed by atoms with van der Waals surface area (Å²) >= 11 is 5.73. The Kier molecular flexibility index (Phi) is 5.85. The lowest BCUT2D eigenvalue weighted by Crippen LogP contribution is -2.12. The van der Waals surface area contributed by atoms with E-state index in [9.17, 15) is 26.3 Å². The van der Waals surface area contributed by atoms with Gasteiger partial charge < -0.3 is 4.84 Å². The van der Waals surface area contributed by atoms with Gasteiger partial charge in [0.2, 0.25) is 0 Å². The molecule has 26 heavy (non-hydrogen) atoms. The Morgan fingerprint density at radius 3 is 2.31 bits per heavy atom. The van der Waals surface area contributed by atoms with Crippen molar-refractivity contribution in [2.24, 2.45) is 5.16 Å². The first-order chi connectivity index (χ1) is 12.0. The number of hydrogen-bond donors (Lipinski definition) is 0. The minimum Gasteiger partial charge on any atom is -0.391 e. The maximum atomic E-state index is 13.0. The molecule has 2 aromatic rings. The van der Waals surface area contributed by atoms with E-state index in [1.807, 2.05) is 0 Å². The first-order valence-corrected chi connectivity index (χ1v) is 7.56. The third-order valence-corrected chi connectivity index (χ3v) is 3.60. The van der Waals surface area contributed by atoms with Gasteiger partial charge in [-0.2, -0.15) is 26.3 Å². The van der Waals surface area contributed by atoms with Gasteiger partial charge in [0.15, 0.2) is 0 Å². The zero-order chi connectivity index (χ0) is 19.5. The number of hydrogen-bond acceptors (Lipinski definition) is 2. The van der Waals surface area contributed by atoms with E-state index in [-0.39, 0.29) is 28.5 Å². The van der Waals surface area contributed by atoms with E-state index < -0.39 is 23.5 Å². The predicted octanol–water partition coefficient (Wildman–Crippen LogP) is 6.32. The molecule has 0 saturated carbocycles. The van der Waals surface area contributed by atoms with Crippen LogP contribution in [0.5, 0.6) is 0 Å². The van der Waals surface area contributed by atoms with Crippen molar-refractivity contribution in [3.05, 3.63) is 69.7 Å². The summed E-state index contributed by atoms with van der Waals surface area (Å²) in [6.07, 6.45) is -9.12. The van der Waals surface area contributed by atoms with E-state index in [1.54, 1.807) is 0 Å². The Morgan fingerprint density at radius 1 is 1.00 bits per heavy atom. The van der Waals surface area contributed by atoms with E-state index in [0.717, 1.165) is 30.3 Å². The molecule has 0 heterocycles. The Bertz CT molecular complexity index is 814. The van der Waals surface area contributed by atoms with E-state index in [0.29, 0.717) is 0 Å². The molecule has 0 spiro atoms. The first kappa shape index (κ1) is 20.1. The molecule has 0 aliphatic carbocycles. The highest BCUT2D eigenvalue weighted by Gasteiger charge is 2.34. The number of halogens is 7. The molecule has 0 atom stereocenters. The number of alkyl halides is 6. The van der Waals surface area contributed by atoms with Gasteiger partial charge in [-0.15, -0.1) is 0 Å². The number of oxime groups is 1. The fourth-order valence-corrected chi connectivity index (χ4v) is 2.33. The number of nitrogens with zero attached hydrogens (tertiary/aromatic N) is 1. The van der Waals surface area contributed by atoms with Crippen LogP contribution in [-0.2, 0) is 23.8 Å².